The molecule has 0 unspecified atom stereocenters. The van der Waals surface area contributed by atoms with Crippen LogP contribution >= 0.6 is 0 Å². The van der Waals surface area contributed by atoms with Crippen molar-refractivity contribution in [3.8, 4) is 5.75 Å². The van der Waals surface area contributed by atoms with Crippen LogP contribution in [0.1, 0.15) is 17.3 Å². The third-order valence-corrected chi connectivity index (χ3v) is 1.38. The largest absolute Gasteiger partial charge is 1.00 e. The predicted molar refractivity (Wildman–Crippen MR) is 49.5 cm³/mol. The smallest absolute Gasteiger partial charge is 0.652 e. The molecule has 1 aromatic carbocycles. The summed E-state index contributed by atoms with van der Waals surface area (Å²) in [7, 11) is 0. The number of phenolic OH excluding ortho intramolecular Hbond substituents is 1. The standard InChI is InChI=1S/C9H10O3.CH2O3.2K/c1-2-12-9(11)7-3-5-8(10)6-4-7;2-1(3)4;;/h3-6,10H,2H2,1H3;(H2,2,3,4);;/q;;2*+1/p-2. The van der Waals surface area contributed by atoms with Crippen LogP contribution in [0.15, 0.2) is 24.3 Å². The molecule has 0 bridgehead atoms. The summed E-state index contributed by atoms with van der Waals surface area (Å²) in [4.78, 5) is 19.4. The van der Waals surface area contributed by atoms with Crippen molar-refractivity contribution in [1.82, 2.24) is 0 Å². The Balaban J connectivity index is -0.000000332. The van der Waals surface area contributed by atoms with Gasteiger partial charge in [0.1, 0.15) is 5.75 Å². The van der Waals surface area contributed by atoms with Crippen molar-refractivity contribution in [1.29, 1.82) is 0 Å². The van der Waals surface area contributed by atoms with Gasteiger partial charge in [-0.05, 0) is 37.3 Å². The molecule has 0 aliphatic rings. The van der Waals surface area contributed by atoms with Crippen molar-refractivity contribution in [3.05, 3.63) is 29.8 Å². The van der Waals surface area contributed by atoms with E-state index in [-0.39, 0.29) is 114 Å². The van der Waals surface area contributed by atoms with Crippen molar-refractivity contribution >= 4 is 12.1 Å². The minimum Gasteiger partial charge on any atom is -0.652 e. The van der Waals surface area contributed by atoms with Crippen molar-refractivity contribution in [2.75, 3.05) is 6.61 Å². The molecule has 0 saturated heterocycles. The summed E-state index contributed by atoms with van der Waals surface area (Å²) in [6.07, 6.45) is -2.33. The van der Waals surface area contributed by atoms with E-state index in [0.717, 1.165) is 0 Å². The van der Waals surface area contributed by atoms with Gasteiger partial charge in [-0.15, -0.1) is 0 Å². The molecule has 0 heterocycles. The molecule has 0 spiro atoms. The molecule has 18 heavy (non-hydrogen) atoms. The molecule has 8 heteroatoms. The Bertz CT molecular complexity index is 348. The molecule has 0 radical (unpaired) electrons. The number of phenols is 1. The Morgan fingerprint density at radius 1 is 1.17 bits per heavy atom. The average Bonchev–Trinajstić information content (AvgIpc) is 2.18. The first-order chi connectivity index (χ1) is 7.47. The monoisotopic (exact) mass is 304 g/mol. The van der Waals surface area contributed by atoms with Crippen LogP contribution in [0.2, 0.25) is 0 Å². The van der Waals surface area contributed by atoms with Crippen LogP contribution < -0.4 is 113 Å². The first kappa shape index (κ1) is 24.1. The van der Waals surface area contributed by atoms with Crippen LogP contribution in [-0.2, 0) is 4.74 Å². The summed E-state index contributed by atoms with van der Waals surface area (Å²) in [6, 6.07) is 5.94. The maximum atomic E-state index is 11.1. The summed E-state index contributed by atoms with van der Waals surface area (Å²) in [5.41, 5.74) is 0.453. The molecule has 1 rings (SSSR count). The maximum Gasteiger partial charge on any atom is 1.00 e. The zero-order valence-corrected chi connectivity index (χ0v) is 16.8. The Kier molecular flexibility index (Phi) is 19.3. The molecule has 0 amide bonds. The van der Waals surface area contributed by atoms with Gasteiger partial charge >= 0.3 is 109 Å². The molecular formula is C10H10K2O6. The van der Waals surface area contributed by atoms with E-state index in [1.807, 2.05) is 0 Å². The number of rotatable bonds is 2. The van der Waals surface area contributed by atoms with E-state index in [1.165, 1.54) is 24.3 Å². The second-order valence-electron chi connectivity index (χ2n) is 2.52. The molecule has 0 aliphatic heterocycles. The Hall–Kier alpha value is 1.03. The third kappa shape index (κ3) is 13.5. The van der Waals surface area contributed by atoms with Gasteiger partial charge in [-0.3, -0.25) is 0 Å². The number of ether oxygens (including phenoxy) is 1. The van der Waals surface area contributed by atoms with Crippen molar-refractivity contribution < 1.29 is 132 Å². The predicted octanol–water partition coefficient (Wildman–Crippen LogP) is -6.87. The number of carboxylic acid groups (broad SMARTS) is 2. The van der Waals surface area contributed by atoms with Gasteiger partial charge < -0.3 is 24.9 Å². The number of carbonyl (C=O) groups is 2. The maximum absolute atomic E-state index is 11.1. The second-order valence-corrected chi connectivity index (χ2v) is 2.52. The quantitative estimate of drug-likeness (QED) is 0.429. The Morgan fingerprint density at radius 2 is 1.56 bits per heavy atom. The van der Waals surface area contributed by atoms with Crippen LogP contribution in [0, 0.1) is 0 Å². The first-order valence-electron chi connectivity index (χ1n) is 4.31. The number of esters is 1. The van der Waals surface area contributed by atoms with E-state index >= 15 is 0 Å². The first-order valence-corrected chi connectivity index (χ1v) is 4.31. The van der Waals surface area contributed by atoms with Gasteiger partial charge in [0.15, 0.2) is 0 Å². The molecule has 0 atom stereocenters. The average molecular weight is 304 g/mol. The molecule has 0 saturated carbocycles. The normalized spacial score (nSPS) is 7.61. The van der Waals surface area contributed by atoms with E-state index < -0.39 is 6.16 Å². The third-order valence-electron chi connectivity index (χ3n) is 1.38. The summed E-state index contributed by atoms with van der Waals surface area (Å²) in [6.45, 7) is 2.11. The number of hydrogen-bond acceptors (Lipinski definition) is 6. The summed E-state index contributed by atoms with van der Waals surface area (Å²) in [5, 5.41) is 25.6. The fourth-order valence-electron chi connectivity index (χ4n) is 0.812. The van der Waals surface area contributed by atoms with E-state index in [1.54, 1.807) is 6.92 Å². The van der Waals surface area contributed by atoms with Gasteiger partial charge in [-0.1, -0.05) is 0 Å². The topological polar surface area (TPSA) is 110 Å². The van der Waals surface area contributed by atoms with Crippen LogP contribution in [0.4, 0.5) is 4.79 Å². The number of carbonyl (C=O) groups excluding carboxylic acids is 2. The van der Waals surface area contributed by atoms with E-state index in [2.05, 4.69) is 0 Å². The van der Waals surface area contributed by atoms with Crippen LogP contribution in [0.25, 0.3) is 0 Å². The minimum absolute atomic E-state index is 0. The van der Waals surface area contributed by atoms with Gasteiger partial charge in [-0.2, -0.15) is 0 Å². The fourth-order valence-corrected chi connectivity index (χ4v) is 0.812. The molecule has 1 N–H and O–H groups in total. The van der Waals surface area contributed by atoms with Gasteiger partial charge in [0.2, 0.25) is 0 Å². The zero-order valence-electron chi connectivity index (χ0n) is 10.5. The van der Waals surface area contributed by atoms with Crippen LogP contribution in [-0.4, -0.2) is 23.8 Å². The molecule has 88 valence electrons. The molecule has 1 aromatic rings. The number of benzene rings is 1. The fraction of sp³-hybridized carbons (Fsp3) is 0.200. The van der Waals surface area contributed by atoms with Gasteiger partial charge in [0.05, 0.1) is 12.2 Å². The summed E-state index contributed by atoms with van der Waals surface area (Å²) >= 11 is 0. The van der Waals surface area contributed by atoms with E-state index in [0.29, 0.717) is 12.2 Å². The molecule has 0 aliphatic carbocycles. The Morgan fingerprint density at radius 3 is 1.89 bits per heavy atom. The van der Waals surface area contributed by atoms with Gasteiger partial charge in [-0.25, -0.2) is 4.79 Å². The van der Waals surface area contributed by atoms with Crippen LogP contribution in [0.5, 0.6) is 5.75 Å². The van der Waals surface area contributed by atoms with Crippen LogP contribution in [0.3, 0.4) is 0 Å². The van der Waals surface area contributed by atoms with Crippen molar-refractivity contribution in [2.24, 2.45) is 0 Å². The van der Waals surface area contributed by atoms with E-state index in [4.69, 9.17) is 24.9 Å². The van der Waals surface area contributed by atoms with E-state index in [9.17, 15) is 4.79 Å². The van der Waals surface area contributed by atoms with Crippen molar-refractivity contribution in [3.63, 3.8) is 0 Å². The molecule has 6 nitrogen and oxygen atoms in total. The Labute approximate surface area is 190 Å². The SMILES string of the molecule is CCOC(=O)c1ccc(O)cc1.O=C([O-])[O-].[K+].[K+]. The molecule has 0 aromatic heterocycles. The molecular weight excluding hydrogens is 294 g/mol. The summed E-state index contributed by atoms with van der Waals surface area (Å²) < 4.78 is 4.75. The van der Waals surface area contributed by atoms with Gasteiger partial charge in [0, 0.05) is 0 Å². The number of aromatic hydroxyl groups is 1. The zero-order chi connectivity index (χ0) is 12.6. The number of hydrogen-bond donors (Lipinski definition) is 1. The van der Waals surface area contributed by atoms with Crippen molar-refractivity contribution in [2.45, 2.75) is 6.92 Å². The minimum atomic E-state index is -2.33. The molecule has 0 fully saturated rings. The van der Waals surface area contributed by atoms with Gasteiger partial charge in [0.25, 0.3) is 0 Å². The second kappa shape index (κ2) is 14.4. The summed E-state index contributed by atoms with van der Waals surface area (Å²) in [5.74, 6) is -0.222.